The first-order chi connectivity index (χ1) is 11.3. The molecule has 118 valence electrons. The predicted molar refractivity (Wildman–Crippen MR) is 85.1 cm³/mol. The molecule has 0 aliphatic carbocycles. The van der Waals surface area contributed by atoms with Crippen molar-refractivity contribution in [3.8, 4) is 11.3 Å². The molecular weight excluding hydrogens is 293 g/mol. The van der Waals surface area contributed by atoms with E-state index in [0.29, 0.717) is 24.2 Å². The van der Waals surface area contributed by atoms with E-state index in [2.05, 4.69) is 20.9 Å². The number of nitrogens with one attached hydrogen (secondary N) is 1. The molecule has 23 heavy (non-hydrogen) atoms. The average Bonchev–Trinajstić information content (AvgIpc) is 3.29. The lowest BCUT2D eigenvalue weighted by Crippen LogP contribution is -2.23. The van der Waals surface area contributed by atoms with Crippen LogP contribution in [0, 0.1) is 5.82 Å². The Morgan fingerprint density at radius 2 is 2.13 bits per heavy atom. The van der Waals surface area contributed by atoms with E-state index in [4.69, 9.17) is 4.42 Å². The molecule has 0 bridgehead atoms. The Hall–Kier alpha value is -2.40. The summed E-state index contributed by atoms with van der Waals surface area (Å²) in [6.45, 7) is 1.73. The van der Waals surface area contributed by atoms with Gasteiger partial charge < -0.3 is 9.40 Å². The van der Waals surface area contributed by atoms with Crippen LogP contribution in [0.15, 0.2) is 53.2 Å². The maximum atomic E-state index is 13.0. The van der Waals surface area contributed by atoms with E-state index in [1.54, 1.807) is 18.3 Å². The summed E-state index contributed by atoms with van der Waals surface area (Å²) in [5.41, 5.74) is 2.08. The van der Waals surface area contributed by atoms with Gasteiger partial charge in [0.1, 0.15) is 5.82 Å². The first-order valence-electron chi connectivity index (χ1n) is 7.87. The van der Waals surface area contributed by atoms with Crippen LogP contribution in [0.25, 0.3) is 11.3 Å². The zero-order valence-electron chi connectivity index (χ0n) is 12.7. The number of oxazole rings is 1. The lowest BCUT2D eigenvalue weighted by molar-refractivity contribution is 0.221. The number of hydrogen-bond donors (Lipinski definition) is 1. The Labute approximate surface area is 134 Å². The van der Waals surface area contributed by atoms with Gasteiger partial charge in [-0.15, -0.1) is 0 Å². The average molecular weight is 311 g/mol. The molecule has 1 aliphatic rings. The molecule has 1 aliphatic heterocycles. The number of nitrogens with zero attached hydrogens (tertiary/aromatic N) is 2. The molecule has 5 heteroatoms. The van der Waals surface area contributed by atoms with Gasteiger partial charge in [-0.05, 0) is 55.8 Å². The second kappa shape index (κ2) is 6.01. The monoisotopic (exact) mass is 311 g/mol. The molecule has 0 spiro atoms. The zero-order valence-corrected chi connectivity index (χ0v) is 12.7. The Morgan fingerprint density at radius 3 is 2.91 bits per heavy atom. The highest BCUT2D eigenvalue weighted by molar-refractivity contribution is 5.55. The van der Waals surface area contributed by atoms with Gasteiger partial charge in [0.25, 0.3) is 0 Å². The smallest absolute Gasteiger partial charge is 0.209 e. The van der Waals surface area contributed by atoms with E-state index in [9.17, 15) is 4.39 Å². The Morgan fingerprint density at radius 1 is 1.26 bits per heavy atom. The number of aromatic amines is 1. The van der Waals surface area contributed by atoms with Crippen LogP contribution in [0.2, 0.25) is 0 Å². The SMILES string of the molecule is Fc1ccc(-c2cnc(CN3CCC[C@@H]3c3ccc[nH]3)o2)cc1. The normalized spacial score (nSPS) is 18.6. The van der Waals surface area contributed by atoms with Crippen molar-refractivity contribution in [3.05, 3.63) is 66.2 Å². The second-order valence-corrected chi connectivity index (χ2v) is 5.88. The Bertz CT molecular complexity index is 764. The van der Waals surface area contributed by atoms with Crippen LogP contribution < -0.4 is 0 Å². The maximum Gasteiger partial charge on any atom is 0.209 e. The minimum Gasteiger partial charge on any atom is -0.439 e. The molecule has 0 saturated carbocycles. The Kier molecular flexibility index (Phi) is 3.71. The number of hydrogen-bond acceptors (Lipinski definition) is 3. The summed E-state index contributed by atoms with van der Waals surface area (Å²) in [5, 5.41) is 0. The van der Waals surface area contributed by atoms with E-state index in [1.165, 1.54) is 24.2 Å². The second-order valence-electron chi connectivity index (χ2n) is 5.88. The van der Waals surface area contributed by atoms with Crippen molar-refractivity contribution in [1.29, 1.82) is 0 Å². The van der Waals surface area contributed by atoms with Crippen LogP contribution in [0.5, 0.6) is 0 Å². The first kappa shape index (κ1) is 14.2. The highest BCUT2D eigenvalue weighted by Crippen LogP contribution is 2.32. The molecule has 0 unspecified atom stereocenters. The molecule has 3 heterocycles. The topological polar surface area (TPSA) is 45.1 Å². The van der Waals surface area contributed by atoms with Crippen molar-refractivity contribution in [2.75, 3.05) is 6.54 Å². The van der Waals surface area contributed by atoms with Crippen molar-refractivity contribution in [2.45, 2.75) is 25.4 Å². The summed E-state index contributed by atoms with van der Waals surface area (Å²) in [6, 6.07) is 10.8. The van der Waals surface area contributed by atoms with Crippen LogP contribution in [-0.2, 0) is 6.54 Å². The number of H-pyrrole nitrogens is 1. The summed E-state index contributed by atoms with van der Waals surface area (Å²) in [7, 11) is 0. The lowest BCUT2D eigenvalue weighted by Gasteiger charge is -2.21. The molecule has 3 aromatic rings. The maximum absolute atomic E-state index is 13.0. The third kappa shape index (κ3) is 2.92. The van der Waals surface area contributed by atoms with Gasteiger partial charge in [-0.3, -0.25) is 4.90 Å². The highest BCUT2D eigenvalue weighted by Gasteiger charge is 2.27. The minimum absolute atomic E-state index is 0.251. The summed E-state index contributed by atoms with van der Waals surface area (Å²) < 4.78 is 18.9. The third-order valence-electron chi connectivity index (χ3n) is 4.37. The Balaban J connectivity index is 1.50. The predicted octanol–water partition coefficient (Wildman–Crippen LogP) is 4.15. The third-order valence-corrected chi connectivity index (χ3v) is 4.37. The summed E-state index contributed by atoms with van der Waals surface area (Å²) in [4.78, 5) is 10.1. The molecular formula is C18H18FN3O. The molecule has 4 nitrogen and oxygen atoms in total. The molecule has 1 fully saturated rings. The number of benzene rings is 1. The molecule has 1 saturated heterocycles. The standard InChI is InChI=1S/C18H18FN3O/c19-14-7-5-13(6-8-14)17-11-21-18(23-17)12-22-10-2-4-16(22)15-3-1-9-20-15/h1,3,5-9,11,16,20H,2,4,10,12H2/t16-/m1/s1. The number of likely N-dealkylation sites (tertiary alicyclic amines) is 1. The summed E-state index contributed by atoms with van der Waals surface area (Å²) in [5.74, 6) is 1.12. The fraction of sp³-hybridized carbons (Fsp3) is 0.278. The van der Waals surface area contributed by atoms with Crippen LogP contribution in [0.1, 0.15) is 30.5 Å². The van der Waals surface area contributed by atoms with Crippen LogP contribution in [0.3, 0.4) is 0 Å². The highest BCUT2D eigenvalue weighted by atomic mass is 19.1. The lowest BCUT2D eigenvalue weighted by atomic mass is 10.1. The molecule has 1 atom stereocenters. The molecule has 2 aromatic heterocycles. The van der Waals surface area contributed by atoms with Crippen molar-refractivity contribution in [1.82, 2.24) is 14.9 Å². The quantitative estimate of drug-likeness (QED) is 0.787. The number of rotatable bonds is 4. The van der Waals surface area contributed by atoms with E-state index in [-0.39, 0.29) is 5.82 Å². The van der Waals surface area contributed by atoms with E-state index >= 15 is 0 Å². The largest absolute Gasteiger partial charge is 0.439 e. The van der Waals surface area contributed by atoms with E-state index in [1.807, 2.05) is 12.3 Å². The van der Waals surface area contributed by atoms with Gasteiger partial charge in [0.15, 0.2) is 5.76 Å². The van der Waals surface area contributed by atoms with Gasteiger partial charge in [-0.25, -0.2) is 9.37 Å². The van der Waals surface area contributed by atoms with Gasteiger partial charge in [-0.2, -0.15) is 0 Å². The van der Waals surface area contributed by atoms with Crippen molar-refractivity contribution >= 4 is 0 Å². The van der Waals surface area contributed by atoms with Gasteiger partial charge in [-0.1, -0.05) is 0 Å². The van der Waals surface area contributed by atoms with Crippen LogP contribution in [0.4, 0.5) is 4.39 Å². The summed E-state index contributed by atoms with van der Waals surface area (Å²) >= 11 is 0. The molecule has 4 rings (SSSR count). The van der Waals surface area contributed by atoms with Crippen LogP contribution in [-0.4, -0.2) is 21.4 Å². The van der Waals surface area contributed by atoms with Gasteiger partial charge in [0.05, 0.1) is 18.8 Å². The molecule has 0 radical (unpaired) electrons. The van der Waals surface area contributed by atoms with Crippen molar-refractivity contribution in [3.63, 3.8) is 0 Å². The minimum atomic E-state index is -0.251. The fourth-order valence-corrected chi connectivity index (χ4v) is 3.22. The molecule has 0 amide bonds. The van der Waals surface area contributed by atoms with Crippen molar-refractivity contribution in [2.24, 2.45) is 0 Å². The number of aromatic nitrogens is 2. The van der Waals surface area contributed by atoms with Gasteiger partial charge in [0, 0.05) is 17.5 Å². The van der Waals surface area contributed by atoms with Crippen molar-refractivity contribution < 1.29 is 8.81 Å². The van der Waals surface area contributed by atoms with E-state index in [0.717, 1.165) is 18.5 Å². The van der Waals surface area contributed by atoms with Gasteiger partial charge >= 0.3 is 0 Å². The molecule has 1 aromatic carbocycles. The molecule has 1 N–H and O–H groups in total. The van der Waals surface area contributed by atoms with E-state index < -0.39 is 0 Å². The van der Waals surface area contributed by atoms with Gasteiger partial charge in [0.2, 0.25) is 5.89 Å². The van der Waals surface area contributed by atoms with Crippen LogP contribution >= 0.6 is 0 Å². The summed E-state index contributed by atoms with van der Waals surface area (Å²) in [6.07, 6.45) is 5.99. The fourth-order valence-electron chi connectivity index (χ4n) is 3.22. The zero-order chi connectivity index (χ0) is 15.6. The first-order valence-corrected chi connectivity index (χ1v) is 7.87. The number of halogens is 1.